The normalized spacial score (nSPS) is 11.7. The van der Waals surface area contributed by atoms with E-state index in [1.165, 1.54) is 34.9 Å². The lowest BCUT2D eigenvalue weighted by Gasteiger charge is -2.10. The minimum Gasteiger partial charge on any atom is -0.383 e. The molecule has 0 saturated heterocycles. The smallest absolute Gasteiger partial charge is 0.383 e. The van der Waals surface area contributed by atoms with Gasteiger partial charge in [0, 0.05) is 17.4 Å². The van der Waals surface area contributed by atoms with Gasteiger partial charge in [0.2, 0.25) is 0 Å². The molecule has 3 rings (SSSR count). The maximum absolute atomic E-state index is 13.1. The minimum atomic E-state index is -4.52. The molecule has 0 unspecified atom stereocenters. The Bertz CT molecular complexity index is 928. The van der Waals surface area contributed by atoms with Gasteiger partial charge < -0.3 is 5.73 Å². The molecule has 0 bridgehead atoms. The van der Waals surface area contributed by atoms with Crippen molar-refractivity contribution in [2.45, 2.75) is 18.1 Å². The van der Waals surface area contributed by atoms with Crippen molar-refractivity contribution in [3.63, 3.8) is 0 Å². The third-order valence-corrected chi connectivity index (χ3v) is 4.49. The first-order chi connectivity index (χ1) is 12.3. The van der Waals surface area contributed by atoms with Crippen LogP contribution in [0.25, 0.3) is 17.1 Å². The average molecular weight is 400 g/mol. The molecular formula is C16H13ClF3N5S. The van der Waals surface area contributed by atoms with Crippen LogP contribution < -0.4 is 5.73 Å². The second kappa shape index (κ2) is 7.16. The summed E-state index contributed by atoms with van der Waals surface area (Å²) in [6.07, 6.45) is -1.47. The van der Waals surface area contributed by atoms with E-state index in [9.17, 15) is 13.2 Å². The lowest BCUT2D eigenvalue weighted by atomic mass is 10.0. The highest BCUT2D eigenvalue weighted by Gasteiger charge is 2.32. The van der Waals surface area contributed by atoms with E-state index in [0.717, 1.165) is 12.1 Å². The van der Waals surface area contributed by atoms with Crippen LogP contribution in [-0.2, 0) is 6.18 Å². The van der Waals surface area contributed by atoms with Gasteiger partial charge in [0.15, 0.2) is 0 Å². The maximum Gasteiger partial charge on any atom is 0.416 e. The summed E-state index contributed by atoms with van der Waals surface area (Å²) in [4.78, 5) is 8.17. The molecule has 0 aliphatic carbocycles. The molecule has 0 fully saturated rings. The molecule has 2 N–H and O–H groups in total. The maximum atomic E-state index is 13.1. The Morgan fingerprint density at radius 3 is 2.50 bits per heavy atom. The Kier molecular flexibility index (Phi) is 5.10. The first-order valence-corrected chi connectivity index (χ1v) is 8.84. The van der Waals surface area contributed by atoms with E-state index in [4.69, 9.17) is 17.3 Å². The third-order valence-electron chi connectivity index (χ3n) is 3.43. The summed E-state index contributed by atoms with van der Waals surface area (Å²) in [5.41, 5.74) is 5.95. The van der Waals surface area contributed by atoms with Gasteiger partial charge in [-0.3, -0.25) is 0 Å². The van der Waals surface area contributed by atoms with E-state index >= 15 is 0 Å². The van der Waals surface area contributed by atoms with E-state index in [2.05, 4.69) is 15.1 Å². The number of benzene rings is 1. The zero-order valence-electron chi connectivity index (χ0n) is 13.5. The molecule has 3 aromatic rings. The van der Waals surface area contributed by atoms with Crippen molar-refractivity contribution >= 4 is 29.2 Å². The molecule has 2 aromatic heterocycles. The van der Waals surface area contributed by atoms with Crippen LogP contribution >= 0.6 is 23.4 Å². The van der Waals surface area contributed by atoms with Crippen molar-refractivity contribution in [3.05, 3.63) is 47.2 Å². The fourth-order valence-electron chi connectivity index (χ4n) is 2.37. The average Bonchev–Trinajstić information content (AvgIpc) is 2.91. The summed E-state index contributed by atoms with van der Waals surface area (Å²) in [6, 6.07) is 4.95. The van der Waals surface area contributed by atoms with Crippen molar-refractivity contribution in [3.8, 4) is 17.1 Å². The van der Waals surface area contributed by atoms with Crippen LogP contribution in [0, 0.1) is 0 Å². The number of thioether (sulfide) groups is 1. The van der Waals surface area contributed by atoms with E-state index in [1.807, 2.05) is 6.92 Å². The molecule has 136 valence electrons. The number of aromatic nitrogens is 4. The Hall–Kier alpha value is -2.26. The first-order valence-electron chi connectivity index (χ1n) is 7.48. The van der Waals surface area contributed by atoms with E-state index in [-0.39, 0.29) is 22.4 Å². The molecule has 0 spiro atoms. The lowest BCUT2D eigenvalue weighted by Crippen LogP contribution is -2.06. The van der Waals surface area contributed by atoms with Crippen LogP contribution in [0.2, 0.25) is 5.02 Å². The van der Waals surface area contributed by atoms with Gasteiger partial charge in [0.1, 0.15) is 10.8 Å². The molecule has 5 nitrogen and oxygen atoms in total. The Labute approximate surface area is 156 Å². The highest BCUT2D eigenvalue weighted by atomic mass is 35.5. The molecule has 26 heavy (non-hydrogen) atoms. The van der Waals surface area contributed by atoms with Gasteiger partial charge >= 0.3 is 6.18 Å². The quantitative estimate of drug-likeness (QED) is 0.644. The highest BCUT2D eigenvalue weighted by molar-refractivity contribution is 7.99. The number of nitrogen functional groups attached to an aromatic ring is 1. The second-order valence-electron chi connectivity index (χ2n) is 5.19. The number of anilines is 1. The molecule has 2 heterocycles. The van der Waals surface area contributed by atoms with Crippen molar-refractivity contribution in [1.29, 1.82) is 0 Å². The Morgan fingerprint density at radius 2 is 1.88 bits per heavy atom. The van der Waals surface area contributed by atoms with Gasteiger partial charge in [-0.25, -0.2) is 9.97 Å². The van der Waals surface area contributed by atoms with Gasteiger partial charge in [-0.05, 0) is 35.6 Å². The largest absolute Gasteiger partial charge is 0.416 e. The molecule has 0 atom stereocenters. The summed E-state index contributed by atoms with van der Waals surface area (Å²) in [7, 11) is 0. The van der Waals surface area contributed by atoms with Crippen molar-refractivity contribution < 1.29 is 13.2 Å². The number of rotatable bonds is 4. The van der Waals surface area contributed by atoms with Gasteiger partial charge in [0.05, 0.1) is 11.1 Å². The van der Waals surface area contributed by atoms with E-state index < -0.39 is 11.7 Å². The predicted molar refractivity (Wildman–Crippen MR) is 95.4 cm³/mol. The Morgan fingerprint density at radius 1 is 1.19 bits per heavy atom. The molecule has 0 aliphatic rings. The SMILES string of the molecule is CCSc1nn(-c2ncccn2)c(N)c1-c1cc(Cl)cc(C(F)(F)F)c1. The number of halogens is 4. The van der Waals surface area contributed by atoms with Gasteiger partial charge in [-0.2, -0.15) is 23.0 Å². The second-order valence-corrected chi connectivity index (χ2v) is 6.87. The monoisotopic (exact) mass is 399 g/mol. The molecule has 0 amide bonds. The van der Waals surface area contributed by atoms with Gasteiger partial charge in [0.25, 0.3) is 5.95 Å². The topological polar surface area (TPSA) is 69.6 Å². The number of hydrogen-bond donors (Lipinski definition) is 1. The molecular weight excluding hydrogens is 387 g/mol. The van der Waals surface area contributed by atoms with Crippen molar-refractivity contribution in [1.82, 2.24) is 19.7 Å². The zero-order chi connectivity index (χ0) is 18.9. The number of alkyl halides is 3. The number of nitrogens with zero attached hydrogens (tertiary/aromatic N) is 4. The molecule has 0 saturated carbocycles. The van der Waals surface area contributed by atoms with Crippen LogP contribution in [0.4, 0.5) is 19.0 Å². The fourth-order valence-corrected chi connectivity index (χ4v) is 3.38. The van der Waals surface area contributed by atoms with Crippen LogP contribution in [0.3, 0.4) is 0 Å². The molecule has 1 aromatic carbocycles. The summed E-state index contributed by atoms with van der Waals surface area (Å²) in [5, 5.41) is 4.82. The summed E-state index contributed by atoms with van der Waals surface area (Å²) >= 11 is 7.27. The number of nitrogens with two attached hydrogens (primary N) is 1. The van der Waals surface area contributed by atoms with Gasteiger partial charge in [-0.1, -0.05) is 18.5 Å². The van der Waals surface area contributed by atoms with Crippen LogP contribution in [0.5, 0.6) is 0 Å². The summed E-state index contributed by atoms with van der Waals surface area (Å²) in [5.74, 6) is 1.03. The standard InChI is InChI=1S/C16H13ClF3N5S/c1-2-26-14-12(9-6-10(16(18,19)20)8-11(17)7-9)13(21)25(24-14)15-22-4-3-5-23-15/h3-8H,2,21H2,1H3. The summed E-state index contributed by atoms with van der Waals surface area (Å²) < 4.78 is 40.7. The van der Waals surface area contributed by atoms with Crippen molar-refractivity contribution in [2.75, 3.05) is 11.5 Å². The molecule has 0 aliphatic heterocycles. The van der Waals surface area contributed by atoms with Crippen LogP contribution in [0.1, 0.15) is 12.5 Å². The van der Waals surface area contributed by atoms with E-state index in [0.29, 0.717) is 16.3 Å². The Balaban J connectivity index is 2.22. The number of hydrogen-bond acceptors (Lipinski definition) is 5. The molecule has 0 radical (unpaired) electrons. The van der Waals surface area contributed by atoms with Crippen molar-refractivity contribution in [2.24, 2.45) is 0 Å². The first kappa shape index (κ1) is 18.5. The fraction of sp³-hybridized carbons (Fsp3) is 0.188. The van der Waals surface area contributed by atoms with E-state index in [1.54, 1.807) is 6.07 Å². The highest BCUT2D eigenvalue weighted by Crippen LogP contribution is 2.40. The van der Waals surface area contributed by atoms with Crippen LogP contribution in [0.15, 0.2) is 41.7 Å². The third kappa shape index (κ3) is 3.63. The van der Waals surface area contributed by atoms with Crippen LogP contribution in [-0.4, -0.2) is 25.5 Å². The summed E-state index contributed by atoms with van der Waals surface area (Å²) in [6.45, 7) is 1.90. The zero-order valence-corrected chi connectivity index (χ0v) is 15.0. The lowest BCUT2D eigenvalue weighted by molar-refractivity contribution is -0.137. The van der Waals surface area contributed by atoms with Gasteiger partial charge in [-0.15, -0.1) is 11.8 Å². The minimum absolute atomic E-state index is 0.0367. The predicted octanol–water partition coefficient (Wildman–Crippen LogP) is 4.70. The molecule has 10 heteroatoms.